The van der Waals surface area contributed by atoms with Crippen molar-refractivity contribution < 1.29 is 28.2 Å². The Morgan fingerprint density at radius 1 is 1.53 bits per heavy atom. The van der Waals surface area contributed by atoms with Crippen molar-refractivity contribution in [3.05, 3.63) is 0 Å². The number of aromatic nitrogens is 2. The molecule has 0 spiro atoms. The van der Waals surface area contributed by atoms with Crippen LogP contribution in [0, 0.1) is 0 Å². The molecule has 1 rings (SSSR count). The van der Waals surface area contributed by atoms with E-state index in [2.05, 4.69) is 19.7 Å². The van der Waals surface area contributed by atoms with Gasteiger partial charge in [-0.15, -0.1) is 0 Å². The molecule has 1 unspecified atom stereocenters. The van der Waals surface area contributed by atoms with Crippen LogP contribution in [0.15, 0.2) is 0 Å². The molecule has 1 aromatic heterocycles. The van der Waals surface area contributed by atoms with Crippen LogP contribution in [0.4, 0.5) is 8.78 Å². The zero-order valence-corrected chi connectivity index (χ0v) is 8.29. The largest absolute Gasteiger partial charge is 0.546 e. The van der Waals surface area contributed by atoms with Gasteiger partial charge in [0.05, 0.1) is 13.1 Å². The molecule has 0 radical (unpaired) electrons. The molecule has 9 heteroatoms. The number of hydrogen-bond donors (Lipinski definition) is 0. The molecule has 0 fully saturated rings. The lowest BCUT2D eigenvalue weighted by Crippen LogP contribution is -2.29. The fourth-order valence-corrected chi connectivity index (χ4v) is 1.82. The van der Waals surface area contributed by atoms with E-state index in [0.29, 0.717) is 0 Å². The third kappa shape index (κ3) is 2.72. The van der Waals surface area contributed by atoms with E-state index in [1.807, 2.05) is 0 Å². The molecule has 15 heavy (non-hydrogen) atoms. The second kappa shape index (κ2) is 4.82. The highest BCUT2D eigenvalue weighted by Gasteiger charge is 2.36. The van der Waals surface area contributed by atoms with E-state index in [4.69, 9.17) is 0 Å². The Balaban J connectivity index is 2.87. The summed E-state index contributed by atoms with van der Waals surface area (Å²) in [6.07, 6.45) is 0. The number of carbonyl (C=O) groups excluding carboxylic acids is 1. The molecule has 0 saturated carbocycles. The van der Waals surface area contributed by atoms with E-state index < -0.39 is 34.0 Å². The Bertz CT molecular complexity index is 357. The first-order valence-electron chi connectivity index (χ1n) is 3.59. The van der Waals surface area contributed by atoms with Gasteiger partial charge in [-0.3, -0.25) is 0 Å². The van der Waals surface area contributed by atoms with Gasteiger partial charge in [0.15, 0.2) is 10.5 Å². The topological polar surface area (TPSA) is 84.4 Å². The van der Waals surface area contributed by atoms with E-state index in [1.165, 1.54) is 7.11 Å². The number of hydrogen-bond acceptors (Lipinski definition) is 6. The maximum Gasteiger partial charge on any atom is 0.464 e. The summed E-state index contributed by atoms with van der Waals surface area (Å²) in [5.41, 5.74) is 0. The van der Waals surface area contributed by atoms with Gasteiger partial charge in [-0.25, -0.2) is 0 Å². The summed E-state index contributed by atoms with van der Waals surface area (Å²) in [6.45, 7) is -0.846. The number of alkyl halides is 2. The van der Waals surface area contributed by atoms with Crippen molar-refractivity contribution in [2.24, 2.45) is 0 Å². The fourth-order valence-electron chi connectivity index (χ4n) is 0.740. The van der Waals surface area contributed by atoms with Crippen molar-refractivity contribution in [3.63, 3.8) is 0 Å². The molecular weight excluding hydrogens is 234 g/mol. The van der Waals surface area contributed by atoms with Crippen LogP contribution in [0.25, 0.3) is 0 Å². The first-order valence-corrected chi connectivity index (χ1v) is 4.88. The monoisotopic (exact) mass is 240 g/mol. The van der Waals surface area contributed by atoms with E-state index in [9.17, 15) is 18.7 Å². The number of carbonyl (C=O) groups is 1. The SMILES string of the molecule is COc1nnc(OCC(=O)[O-])[s+]1C(F)F. The molecule has 0 aliphatic rings. The maximum absolute atomic E-state index is 12.5. The molecule has 0 bridgehead atoms. The quantitative estimate of drug-likeness (QED) is 0.660. The lowest BCUT2D eigenvalue weighted by atomic mass is 10.8. The highest BCUT2D eigenvalue weighted by Crippen LogP contribution is 2.48. The maximum atomic E-state index is 12.5. The van der Waals surface area contributed by atoms with Crippen molar-refractivity contribution in [2.45, 2.75) is 5.76 Å². The molecule has 1 heterocycles. The molecule has 0 N–H and O–H groups in total. The zero-order chi connectivity index (χ0) is 11.4. The molecule has 0 amide bonds. The normalized spacial score (nSPS) is 11.6. The highest BCUT2D eigenvalue weighted by atomic mass is 32.2. The summed E-state index contributed by atoms with van der Waals surface area (Å²) in [7, 11) is -0.675. The molecule has 0 aliphatic carbocycles. The van der Waals surface area contributed by atoms with Crippen molar-refractivity contribution >= 4 is 16.4 Å². The minimum atomic E-state index is -2.80. The molecule has 84 valence electrons. The van der Waals surface area contributed by atoms with Crippen LogP contribution < -0.4 is 14.6 Å². The van der Waals surface area contributed by atoms with Crippen LogP contribution in [-0.4, -0.2) is 29.9 Å². The first-order chi connectivity index (χ1) is 7.06. The summed E-state index contributed by atoms with van der Waals surface area (Å²) in [4.78, 5) is 10.0. The number of aliphatic carboxylic acids is 1. The van der Waals surface area contributed by atoms with Gasteiger partial charge < -0.3 is 19.4 Å². The van der Waals surface area contributed by atoms with Gasteiger partial charge in [0.2, 0.25) is 0 Å². The number of carboxylic acids is 1. The van der Waals surface area contributed by atoms with Gasteiger partial charge in [0.1, 0.15) is 6.61 Å². The van der Waals surface area contributed by atoms with E-state index >= 15 is 0 Å². The van der Waals surface area contributed by atoms with Crippen molar-refractivity contribution in [2.75, 3.05) is 13.7 Å². The van der Waals surface area contributed by atoms with E-state index in [-0.39, 0.29) is 5.19 Å². The minimum Gasteiger partial charge on any atom is -0.546 e. The van der Waals surface area contributed by atoms with Crippen LogP contribution in [0.2, 0.25) is 0 Å². The average Bonchev–Trinajstić information content (AvgIpc) is 2.57. The molecule has 1 aromatic rings. The summed E-state index contributed by atoms with van der Waals surface area (Å²) in [6, 6.07) is 0. The van der Waals surface area contributed by atoms with Crippen molar-refractivity contribution in [3.8, 4) is 10.4 Å². The van der Waals surface area contributed by atoms with Gasteiger partial charge in [0.25, 0.3) is 0 Å². The second-order valence-electron chi connectivity index (χ2n) is 2.20. The molecule has 6 nitrogen and oxygen atoms in total. The summed E-state index contributed by atoms with van der Waals surface area (Å²) >= 11 is 0. The van der Waals surface area contributed by atoms with Crippen LogP contribution in [-0.2, 0) is 4.79 Å². The molecule has 0 saturated heterocycles. The van der Waals surface area contributed by atoms with Gasteiger partial charge in [-0.05, 0) is 0 Å². The Morgan fingerprint density at radius 3 is 2.60 bits per heavy atom. The summed E-state index contributed by atoms with van der Waals surface area (Å²) < 4.78 is 34.0. The first kappa shape index (κ1) is 11.6. The molecule has 0 aliphatic heterocycles. The fraction of sp³-hybridized carbons (Fsp3) is 0.500. The number of nitrogens with zero attached hydrogens (tertiary/aromatic N) is 2. The molecule has 0 aromatic carbocycles. The van der Waals surface area contributed by atoms with Crippen molar-refractivity contribution in [1.82, 2.24) is 10.2 Å². The van der Waals surface area contributed by atoms with Gasteiger partial charge >= 0.3 is 16.1 Å². The lowest BCUT2D eigenvalue weighted by molar-refractivity contribution is -0.307. The lowest BCUT2D eigenvalue weighted by Gasteiger charge is -1.99. The van der Waals surface area contributed by atoms with Crippen LogP contribution in [0.3, 0.4) is 0 Å². The standard InChI is InChI=1S/C6H6F2N2O4S/c1-13-5-9-10-6(14-2-3(11)12)15(5)4(7)8/h4H,2H2,1H3. The predicted molar refractivity (Wildman–Crippen MR) is 42.8 cm³/mol. The number of ether oxygens (including phenoxy) is 2. The number of rotatable bonds is 5. The number of carboxylic acid groups (broad SMARTS) is 1. The Hall–Kier alpha value is -1.51. The Labute approximate surface area is 85.4 Å². The van der Waals surface area contributed by atoms with Crippen LogP contribution >= 0.6 is 10.5 Å². The summed E-state index contributed by atoms with van der Waals surface area (Å²) in [5, 5.41) is 15.9. The number of methoxy groups -OCH3 is 1. The second-order valence-corrected chi connectivity index (χ2v) is 3.93. The Morgan fingerprint density at radius 2 is 2.13 bits per heavy atom. The van der Waals surface area contributed by atoms with Gasteiger partial charge in [0, 0.05) is 0 Å². The summed E-state index contributed by atoms with van der Waals surface area (Å²) in [5.74, 6) is -4.33. The van der Waals surface area contributed by atoms with E-state index in [0.717, 1.165) is 0 Å². The Kier molecular flexibility index (Phi) is 3.72. The average molecular weight is 240 g/mol. The van der Waals surface area contributed by atoms with E-state index in [1.54, 1.807) is 0 Å². The molecule has 1 atom stereocenters. The smallest absolute Gasteiger partial charge is 0.464 e. The predicted octanol–water partition coefficient (Wildman–Crippen LogP) is -0.242. The third-order valence-electron chi connectivity index (χ3n) is 1.26. The van der Waals surface area contributed by atoms with Gasteiger partial charge in [-0.2, -0.15) is 8.78 Å². The van der Waals surface area contributed by atoms with Crippen LogP contribution in [0.5, 0.6) is 10.4 Å². The van der Waals surface area contributed by atoms with Crippen LogP contribution in [0.1, 0.15) is 5.76 Å². The third-order valence-corrected chi connectivity index (χ3v) is 2.81. The molecular formula is C6H6F2N2O4S. The number of halogens is 2. The highest BCUT2D eigenvalue weighted by molar-refractivity contribution is 7.34. The zero-order valence-electron chi connectivity index (χ0n) is 7.48. The van der Waals surface area contributed by atoms with Gasteiger partial charge in [-0.1, -0.05) is 10.2 Å². The van der Waals surface area contributed by atoms with Crippen molar-refractivity contribution in [1.29, 1.82) is 0 Å². The minimum absolute atomic E-state index is 0.279.